The summed E-state index contributed by atoms with van der Waals surface area (Å²) in [5.74, 6) is -0.237. The van der Waals surface area contributed by atoms with E-state index >= 15 is 0 Å². The van der Waals surface area contributed by atoms with Crippen LogP contribution in [0.3, 0.4) is 0 Å². The predicted molar refractivity (Wildman–Crippen MR) is 107 cm³/mol. The van der Waals surface area contributed by atoms with Gasteiger partial charge in [0.15, 0.2) is 6.10 Å². The van der Waals surface area contributed by atoms with Gasteiger partial charge in [0.05, 0.1) is 12.4 Å². The summed E-state index contributed by atoms with van der Waals surface area (Å²) in [5, 5.41) is 2.78. The molecule has 7 nitrogen and oxygen atoms in total. The number of hydrogen-bond donors (Lipinski definition) is 2. The Bertz CT molecular complexity index is 863. The Labute approximate surface area is 165 Å². The molecule has 0 saturated carbocycles. The van der Waals surface area contributed by atoms with E-state index in [1.54, 1.807) is 24.3 Å². The third kappa shape index (κ3) is 5.75. The van der Waals surface area contributed by atoms with Crippen LogP contribution >= 0.6 is 0 Å². The predicted octanol–water partition coefficient (Wildman–Crippen LogP) is 1.98. The molecule has 28 heavy (non-hydrogen) atoms. The minimum absolute atomic E-state index is 0.145. The second-order valence-corrected chi connectivity index (χ2v) is 9.15. The van der Waals surface area contributed by atoms with Gasteiger partial charge in [-0.2, -0.15) is 0 Å². The van der Waals surface area contributed by atoms with Crippen LogP contribution in [0.2, 0.25) is 0 Å². The van der Waals surface area contributed by atoms with Gasteiger partial charge in [0.25, 0.3) is 5.91 Å². The Kier molecular flexibility index (Phi) is 6.66. The van der Waals surface area contributed by atoms with E-state index in [1.165, 1.54) is 0 Å². The Morgan fingerprint density at radius 2 is 1.96 bits per heavy atom. The van der Waals surface area contributed by atoms with E-state index in [0.29, 0.717) is 17.8 Å². The Morgan fingerprint density at radius 3 is 2.71 bits per heavy atom. The molecule has 152 valence electrons. The summed E-state index contributed by atoms with van der Waals surface area (Å²) in [6.45, 7) is 4.44. The van der Waals surface area contributed by atoms with Gasteiger partial charge in [0, 0.05) is 12.2 Å². The normalized spacial score (nSPS) is 24.2. The van der Waals surface area contributed by atoms with Crippen molar-refractivity contribution in [3.05, 3.63) is 54.1 Å². The highest BCUT2D eigenvalue weighted by atomic mass is 32.2. The Morgan fingerprint density at radius 1 is 1.21 bits per heavy atom. The maximum absolute atomic E-state index is 12.5. The average molecular weight is 407 g/mol. The molecule has 1 aliphatic carbocycles. The summed E-state index contributed by atoms with van der Waals surface area (Å²) >= 11 is 0. The fourth-order valence-electron chi connectivity index (χ4n) is 2.93. The number of hydrogen-bond acceptors (Lipinski definition) is 5. The van der Waals surface area contributed by atoms with Gasteiger partial charge in [-0.1, -0.05) is 50.3 Å². The molecule has 2 N–H and O–H groups in total. The van der Waals surface area contributed by atoms with E-state index in [0.717, 1.165) is 0 Å². The Balaban J connectivity index is 1.59. The van der Waals surface area contributed by atoms with Crippen LogP contribution < -0.4 is 10.0 Å². The highest BCUT2D eigenvalue weighted by Crippen LogP contribution is 2.21. The summed E-state index contributed by atoms with van der Waals surface area (Å²) in [6, 6.07) is 6.80. The topological polar surface area (TPSA) is 93.7 Å². The molecule has 1 saturated heterocycles. The van der Waals surface area contributed by atoms with Crippen molar-refractivity contribution in [3.8, 4) is 0 Å². The number of carbonyl (C=O) groups excluding carboxylic acids is 1. The quantitative estimate of drug-likeness (QED) is 0.722. The molecule has 0 unspecified atom stereocenters. The zero-order valence-corrected chi connectivity index (χ0v) is 16.8. The number of benzene rings is 1. The first-order chi connectivity index (χ1) is 13.3. The lowest BCUT2D eigenvalue weighted by Crippen LogP contribution is -2.47. The van der Waals surface area contributed by atoms with Gasteiger partial charge in [-0.05, 0) is 23.6 Å². The monoisotopic (exact) mass is 406 g/mol. The van der Waals surface area contributed by atoms with Crippen molar-refractivity contribution >= 4 is 21.6 Å². The van der Waals surface area contributed by atoms with Gasteiger partial charge in [-0.15, -0.1) is 0 Å². The average Bonchev–Trinajstić information content (AvgIpc) is 2.66. The van der Waals surface area contributed by atoms with Crippen LogP contribution in [0.4, 0.5) is 5.69 Å². The minimum atomic E-state index is -3.43. The lowest BCUT2D eigenvalue weighted by molar-refractivity contribution is -0.164. The molecular weight excluding hydrogens is 380 g/mol. The molecule has 0 spiro atoms. The van der Waals surface area contributed by atoms with Crippen LogP contribution in [0.25, 0.3) is 0 Å². The molecule has 3 rings (SSSR count). The lowest BCUT2D eigenvalue weighted by Gasteiger charge is -2.34. The van der Waals surface area contributed by atoms with Crippen molar-refractivity contribution in [2.24, 2.45) is 5.92 Å². The first kappa shape index (κ1) is 20.7. The van der Waals surface area contributed by atoms with Gasteiger partial charge in [-0.3, -0.25) is 4.79 Å². The fourth-order valence-corrected chi connectivity index (χ4v) is 4.24. The summed E-state index contributed by atoms with van der Waals surface area (Å²) in [6.07, 6.45) is 6.34. The number of nitrogens with one attached hydrogen (secondary N) is 2. The molecular formula is C20H26N2O5S. The number of allylic oxidation sites excluding steroid dienone is 2. The SMILES string of the molecule is CC(C)CNS(=O)(=O)Cc1cccc(NC(=O)[C@@H]2CO[C@H]3C=CC=C[C@@H]3O2)c1. The van der Waals surface area contributed by atoms with E-state index in [2.05, 4.69) is 10.0 Å². The van der Waals surface area contributed by atoms with Crippen molar-refractivity contribution in [3.63, 3.8) is 0 Å². The smallest absolute Gasteiger partial charge is 0.255 e. The minimum Gasteiger partial charge on any atom is -0.368 e. The second kappa shape index (κ2) is 9.00. The van der Waals surface area contributed by atoms with Crippen LogP contribution in [0, 0.1) is 5.92 Å². The van der Waals surface area contributed by atoms with Crippen molar-refractivity contribution in [2.75, 3.05) is 18.5 Å². The summed E-state index contributed by atoms with van der Waals surface area (Å²) < 4.78 is 38.4. The third-order valence-corrected chi connectivity index (χ3v) is 5.67. The zero-order chi connectivity index (χ0) is 20.1. The molecule has 0 radical (unpaired) electrons. The van der Waals surface area contributed by atoms with Crippen LogP contribution in [0.15, 0.2) is 48.6 Å². The highest BCUT2D eigenvalue weighted by Gasteiger charge is 2.33. The fraction of sp³-hybridized carbons (Fsp3) is 0.450. The van der Waals surface area contributed by atoms with E-state index in [9.17, 15) is 13.2 Å². The van der Waals surface area contributed by atoms with Crippen LogP contribution in [0.5, 0.6) is 0 Å². The first-order valence-corrected chi connectivity index (χ1v) is 11.0. The number of carbonyl (C=O) groups is 1. The van der Waals surface area contributed by atoms with Crippen molar-refractivity contribution in [1.82, 2.24) is 4.72 Å². The molecule has 2 aliphatic rings. The first-order valence-electron chi connectivity index (χ1n) is 9.31. The van der Waals surface area contributed by atoms with Gasteiger partial charge in [0.1, 0.15) is 12.2 Å². The van der Waals surface area contributed by atoms with Crippen LogP contribution in [-0.4, -0.2) is 45.8 Å². The number of amides is 1. The maximum Gasteiger partial charge on any atom is 0.255 e. The zero-order valence-electron chi connectivity index (χ0n) is 16.0. The second-order valence-electron chi connectivity index (χ2n) is 7.35. The van der Waals surface area contributed by atoms with Crippen molar-refractivity contribution < 1.29 is 22.7 Å². The molecule has 8 heteroatoms. The van der Waals surface area contributed by atoms with Gasteiger partial charge < -0.3 is 14.8 Å². The van der Waals surface area contributed by atoms with Crippen molar-refractivity contribution in [2.45, 2.75) is 37.9 Å². The highest BCUT2D eigenvalue weighted by molar-refractivity contribution is 7.88. The molecule has 1 amide bonds. The summed E-state index contributed by atoms with van der Waals surface area (Å²) in [4.78, 5) is 12.5. The molecule has 1 aliphatic heterocycles. The number of ether oxygens (including phenoxy) is 2. The number of anilines is 1. The maximum atomic E-state index is 12.5. The molecule has 1 aromatic carbocycles. The lowest BCUT2D eigenvalue weighted by atomic mass is 10.1. The Hall–Kier alpha value is -2.00. The number of fused-ring (bicyclic) bond motifs is 1. The molecule has 1 fully saturated rings. The largest absolute Gasteiger partial charge is 0.368 e. The molecule has 1 heterocycles. The number of rotatable bonds is 7. The van der Waals surface area contributed by atoms with E-state index < -0.39 is 16.1 Å². The summed E-state index contributed by atoms with van der Waals surface area (Å²) in [7, 11) is -3.43. The van der Waals surface area contributed by atoms with Crippen LogP contribution in [-0.2, 0) is 30.0 Å². The summed E-state index contributed by atoms with van der Waals surface area (Å²) in [5.41, 5.74) is 1.11. The van der Waals surface area contributed by atoms with Crippen LogP contribution in [0.1, 0.15) is 19.4 Å². The molecule has 0 aromatic heterocycles. The van der Waals surface area contributed by atoms with Gasteiger partial charge >= 0.3 is 0 Å². The van der Waals surface area contributed by atoms with E-state index in [-0.39, 0.29) is 36.4 Å². The number of sulfonamides is 1. The van der Waals surface area contributed by atoms with Crippen molar-refractivity contribution in [1.29, 1.82) is 0 Å². The van der Waals surface area contributed by atoms with E-state index in [1.807, 2.05) is 38.2 Å². The third-order valence-electron chi connectivity index (χ3n) is 4.35. The molecule has 1 aromatic rings. The van der Waals surface area contributed by atoms with Gasteiger partial charge in [0.2, 0.25) is 10.0 Å². The van der Waals surface area contributed by atoms with E-state index in [4.69, 9.17) is 9.47 Å². The molecule has 3 atom stereocenters. The standard InChI is InChI=1S/C20H26N2O5S/c1-14(2)11-21-28(24,25)13-15-6-5-7-16(10-15)22-20(23)19-12-26-17-8-3-4-9-18(17)27-19/h3-10,14,17-19,21H,11-13H2,1-2H3,(H,22,23)/t17-,18-,19-/m0/s1. The molecule has 0 bridgehead atoms. The van der Waals surface area contributed by atoms with Gasteiger partial charge in [-0.25, -0.2) is 13.1 Å².